The maximum absolute atomic E-state index is 10.6. The highest BCUT2D eigenvalue weighted by Gasteiger charge is 2.26. The lowest BCUT2D eigenvalue weighted by Crippen LogP contribution is -2.33. The summed E-state index contributed by atoms with van der Waals surface area (Å²) in [6.45, 7) is 0.0840. The summed E-state index contributed by atoms with van der Waals surface area (Å²) in [7, 11) is -4.78. The minimum absolute atomic E-state index is 0.824. The van der Waals surface area contributed by atoms with Gasteiger partial charge in [0.1, 0.15) is 6.10 Å². The first-order chi connectivity index (χ1) is 9.77. The van der Waals surface area contributed by atoms with Gasteiger partial charge in [0.15, 0.2) is 0 Å². The van der Waals surface area contributed by atoms with E-state index < -0.39 is 56.6 Å². The lowest BCUT2D eigenvalue weighted by atomic mass is 10.1. The molecular weight excluding hydrogens is 331 g/mol. The molecule has 0 aliphatic heterocycles. The number of aliphatic hydroxyl groups excluding tert-OH is 2. The smallest absolute Gasteiger partial charge is 0.469 e. The third kappa shape index (κ3) is 13.3. The van der Waals surface area contributed by atoms with Gasteiger partial charge in [-0.2, -0.15) is 0 Å². The molecule has 0 aromatic heterocycles. The van der Waals surface area contributed by atoms with Crippen LogP contribution in [0.25, 0.3) is 0 Å². The molecule has 2 atom stereocenters. The first-order valence-electron chi connectivity index (χ1n) is 5.34. The molecule has 2 unspecified atom stereocenters. The molecule has 0 rings (SSSR count). The molecule has 0 aromatic rings. The largest absolute Gasteiger partial charge is 0.476 e. The van der Waals surface area contributed by atoms with Crippen LogP contribution in [0, 0.1) is 0 Å². The topological polar surface area (TPSA) is 216 Å². The number of carbonyl (C=O) groups is 4. The van der Waals surface area contributed by atoms with Gasteiger partial charge < -0.3 is 30.2 Å². The number of hydrogen-bond acceptors (Lipinski definition) is 8. The van der Waals surface area contributed by atoms with Crippen LogP contribution < -0.4 is 0 Å². The average molecular weight is 346 g/mol. The van der Waals surface area contributed by atoms with Crippen LogP contribution in [-0.2, 0) is 28.3 Å². The van der Waals surface area contributed by atoms with Crippen LogP contribution in [0.5, 0.6) is 0 Å². The van der Waals surface area contributed by atoms with Crippen LogP contribution in [0.2, 0.25) is 0 Å². The predicted molar refractivity (Wildman–Crippen MR) is 65.6 cm³/mol. The Morgan fingerprint density at radius 3 is 1.68 bits per heavy atom. The Labute approximate surface area is 123 Å². The van der Waals surface area contributed by atoms with Crippen molar-refractivity contribution < 1.29 is 58.5 Å². The van der Waals surface area contributed by atoms with Gasteiger partial charge in [-0.05, 0) is 0 Å². The highest BCUT2D eigenvalue weighted by Crippen LogP contribution is 2.35. The van der Waals surface area contributed by atoms with Gasteiger partial charge in [-0.1, -0.05) is 0 Å². The number of hydrogen-bond donors (Lipinski definition) is 6. The number of ketones is 2. The van der Waals surface area contributed by atoms with E-state index in [4.69, 9.17) is 30.2 Å². The summed E-state index contributed by atoms with van der Waals surface area (Å²) in [5.41, 5.74) is 0. The number of phosphoric acid groups is 1. The standard InChI is InChI=1S/C6H11O9P.C3H4O3/c7-3(1-4(8)6(10)11)5(9)2-15-16(12,13)14;1-2(4)3(5)6/h3,5,7,9H,1-2H2,(H,10,11)(H2,12,13,14);1H3,(H,5,6). The van der Waals surface area contributed by atoms with Gasteiger partial charge in [0, 0.05) is 13.3 Å². The van der Waals surface area contributed by atoms with Crippen molar-refractivity contribution in [3.63, 3.8) is 0 Å². The maximum atomic E-state index is 10.6. The zero-order valence-electron chi connectivity index (χ0n) is 11.1. The van der Waals surface area contributed by atoms with E-state index in [0.29, 0.717) is 0 Å². The van der Waals surface area contributed by atoms with Crippen LogP contribution in [0.4, 0.5) is 0 Å². The first-order valence-corrected chi connectivity index (χ1v) is 6.87. The molecule has 0 fully saturated rings. The third-order valence-electron chi connectivity index (χ3n) is 1.79. The number of phosphoric ester groups is 1. The molecule has 128 valence electrons. The van der Waals surface area contributed by atoms with E-state index in [0.717, 1.165) is 6.92 Å². The number of rotatable bonds is 8. The van der Waals surface area contributed by atoms with Crippen LogP contribution in [0.1, 0.15) is 13.3 Å². The predicted octanol–water partition coefficient (Wildman–Crippen LogP) is -2.48. The minimum Gasteiger partial charge on any atom is -0.476 e. The molecule has 0 saturated carbocycles. The fourth-order valence-electron chi connectivity index (χ4n) is 0.698. The SMILES string of the molecule is CC(=O)C(=O)O.O=C(O)C(=O)CC(O)C(O)COP(=O)(O)O. The summed E-state index contributed by atoms with van der Waals surface area (Å²) in [6, 6.07) is 0. The van der Waals surface area contributed by atoms with E-state index >= 15 is 0 Å². The van der Waals surface area contributed by atoms with Crippen molar-refractivity contribution >= 4 is 31.3 Å². The molecule has 13 heteroatoms. The molecule has 0 aromatic carbocycles. The van der Waals surface area contributed by atoms with Gasteiger partial charge in [-0.25, -0.2) is 14.2 Å². The van der Waals surface area contributed by atoms with Crippen molar-refractivity contribution in [1.29, 1.82) is 0 Å². The quantitative estimate of drug-likeness (QED) is 0.199. The highest BCUT2D eigenvalue weighted by molar-refractivity contribution is 7.46. The van der Waals surface area contributed by atoms with Gasteiger partial charge in [0.2, 0.25) is 11.6 Å². The van der Waals surface area contributed by atoms with E-state index in [2.05, 4.69) is 4.52 Å². The Balaban J connectivity index is 0. The van der Waals surface area contributed by atoms with Crippen LogP contribution in [-0.4, -0.2) is 72.5 Å². The van der Waals surface area contributed by atoms with Crippen LogP contribution in [0.15, 0.2) is 0 Å². The highest BCUT2D eigenvalue weighted by atomic mass is 31.2. The van der Waals surface area contributed by atoms with Crippen molar-refractivity contribution in [3.05, 3.63) is 0 Å². The fourth-order valence-corrected chi connectivity index (χ4v) is 1.04. The number of Topliss-reactive ketones (excluding diaryl/α,β-unsaturated/α-hetero) is 2. The Morgan fingerprint density at radius 1 is 1.00 bits per heavy atom. The van der Waals surface area contributed by atoms with E-state index in [9.17, 15) is 23.7 Å². The summed E-state index contributed by atoms with van der Waals surface area (Å²) in [5, 5.41) is 33.9. The minimum atomic E-state index is -4.78. The van der Waals surface area contributed by atoms with Crippen molar-refractivity contribution in [2.24, 2.45) is 0 Å². The Kier molecular flexibility index (Phi) is 10.4. The molecule has 0 aliphatic carbocycles. The van der Waals surface area contributed by atoms with Crippen molar-refractivity contribution in [1.82, 2.24) is 0 Å². The summed E-state index contributed by atoms with van der Waals surface area (Å²) >= 11 is 0. The Morgan fingerprint density at radius 2 is 1.41 bits per heavy atom. The molecule has 0 radical (unpaired) electrons. The van der Waals surface area contributed by atoms with Crippen LogP contribution >= 0.6 is 7.82 Å². The number of aliphatic hydroxyl groups is 2. The van der Waals surface area contributed by atoms with Gasteiger partial charge in [-0.15, -0.1) is 0 Å². The Bertz CT molecular complexity index is 453. The number of aliphatic carboxylic acids is 2. The lowest BCUT2D eigenvalue weighted by molar-refractivity contribution is -0.150. The van der Waals surface area contributed by atoms with Crippen molar-refractivity contribution in [2.45, 2.75) is 25.6 Å². The average Bonchev–Trinajstić information content (AvgIpc) is 2.35. The van der Waals surface area contributed by atoms with Gasteiger partial charge in [0.05, 0.1) is 12.7 Å². The molecule has 0 saturated heterocycles. The van der Waals surface area contributed by atoms with E-state index in [1.54, 1.807) is 0 Å². The van der Waals surface area contributed by atoms with E-state index in [-0.39, 0.29) is 0 Å². The lowest BCUT2D eigenvalue weighted by Gasteiger charge is -2.16. The second-order valence-corrected chi connectivity index (χ2v) is 4.95. The fraction of sp³-hybridized carbons (Fsp3) is 0.556. The zero-order chi connectivity index (χ0) is 18.1. The third-order valence-corrected chi connectivity index (χ3v) is 2.28. The number of carboxylic acids is 2. The van der Waals surface area contributed by atoms with Gasteiger partial charge in [-0.3, -0.25) is 14.1 Å². The molecule has 0 aliphatic rings. The molecule has 0 amide bonds. The molecular formula is C9H15O12P. The molecule has 0 spiro atoms. The summed E-state index contributed by atoms with van der Waals surface area (Å²) < 4.78 is 14.1. The number of carbonyl (C=O) groups excluding carboxylic acids is 2. The Hall–Kier alpha value is -1.69. The second-order valence-electron chi connectivity index (χ2n) is 3.71. The molecule has 22 heavy (non-hydrogen) atoms. The maximum Gasteiger partial charge on any atom is 0.469 e. The van der Waals surface area contributed by atoms with E-state index in [1.165, 1.54) is 0 Å². The molecule has 0 bridgehead atoms. The molecule has 12 nitrogen and oxygen atoms in total. The number of carboxylic acid groups (broad SMARTS) is 2. The van der Waals surface area contributed by atoms with Gasteiger partial charge in [0.25, 0.3) is 0 Å². The summed E-state index contributed by atoms with van der Waals surface area (Å²) in [6.07, 6.45) is -4.41. The molecule has 0 heterocycles. The van der Waals surface area contributed by atoms with E-state index in [1.807, 2.05) is 0 Å². The molecule has 6 N–H and O–H groups in total. The van der Waals surface area contributed by atoms with Crippen LogP contribution in [0.3, 0.4) is 0 Å². The monoisotopic (exact) mass is 346 g/mol. The normalized spacial score (nSPS) is 13.3. The zero-order valence-corrected chi connectivity index (χ0v) is 12.0. The summed E-state index contributed by atoms with van der Waals surface area (Å²) in [4.78, 5) is 56.1. The summed E-state index contributed by atoms with van der Waals surface area (Å²) in [5.74, 6) is -5.31. The van der Waals surface area contributed by atoms with Gasteiger partial charge >= 0.3 is 19.8 Å². The second kappa shape index (κ2) is 10.1. The van der Waals surface area contributed by atoms with Crippen molar-refractivity contribution in [2.75, 3.05) is 6.61 Å². The van der Waals surface area contributed by atoms with Crippen molar-refractivity contribution in [3.8, 4) is 0 Å². The first kappa shape index (κ1) is 22.6.